The van der Waals surface area contributed by atoms with E-state index in [4.69, 9.17) is 4.74 Å². The number of nitrogens with one attached hydrogen (secondary N) is 2. The Morgan fingerprint density at radius 3 is 2.17 bits per heavy atom. The van der Waals surface area contributed by atoms with E-state index in [-0.39, 0.29) is 17.2 Å². The van der Waals surface area contributed by atoms with E-state index in [1.54, 1.807) is 61.7 Å². The molecule has 3 aromatic rings. The number of rotatable bonds is 7. The van der Waals surface area contributed by atoms with Crippen molar-refractivity contribution in [3.8, 4) is 5.75 Å². The highest BCUT2D eigenvalue weighted by Crippen LogP contribution is 2.21. The molecule has 3 aromatic carbocycles. The van der Waals surface area contributed by atoms with Gasteiger partial charge >= 0.3 is 0 Å². The third kappa shape index (κ3) is 5.36. The predicted molar refractivity (Wildman–Crippen MR) is 114 cm³/mol. The fourth-order valence-corrected chi connectivity index (χ4v) is 3.84. The number of benzene rings is 3. The molecule has 3 rings (SSSR count). The molecule has 0 radical (unpaired) electrons. The molecule has 0 saturated heterocycles. The molecule has 0 saturated carbocycles. The SMILES string of the molecule is COc1ccccc1CC(=O)Nc1ccc(NS(=O)(=O)c2ccc(C)cc2)cc1. The number of amides is 1. The third-order valence-electron chi connectivity index (χ3n) is 4.30. The third-order valence-corrected chi connectivity index (χ3v) is 5.69. The molecule has 2 N–H and O–H groups in total. The van der Waals surface area contributed by atoms with Gasteiger partial charge in [-0.15, -0.1) is 0 Å². The normalized spacial score (nSPS) is 11.0. The van der Waals surface area contributed by atoms with E-state index in [2.05, 4.69) is 10.0 Å². The topological polar surface area (TPSA) is 84.5 Å². The van der Waals surface area contributed by atoms with E-state index >= 15 is 0 Å². The van der Waals surface area contributed by atoms with Gasteiger partial charge in [-0.05, 0) is 49.4 Å². The van der Waals surface area contributed by atoms with Crippen LogP contribution >= 0.6 is 0 Å². The van der Waals surface area contributed by atoms with Crippen molar-refractivity contribution < 1.29 is 17.9 Å². The number of sulfonamides is 1. The molecule has 0 bridgehead atoms. The van der Waals surface area contributed by atoms with E-state index in [1.165, 1.54) is 0 Å². The summed E-state index contributed by atoms with van der Waals surface area (Å²) in [5, 5.41) is 2.80. The summed E-state index contributed by atoms with van der Waals surface area (Å²) in [5.74, 6) is 0.464. The lowest BCUT2D eigenvalue weighted by atomic mass is 10.1. The molecule has 0 atom stereocenters. The number of aryl methyl sites for hydroxylation is 1. The first-order chi connectivity index (χ1) is 13.9. The Morgan fingerprint density at radius 1 is 0.897 bits per heavy atom. The Bertz CT molecular complexity index is 1090. The van der Waals surface area contributed by atoms with Crippen molar-refractivity contribution in [1.82, 2.24) is 0 Å². The van der Waals surface area contributed by atoms with Crippen molar-refractivity contribution >= 4 is 27.3 Å². The summed E-state index contributed by atoms with van der Waals surface area (Å²) < 4.78 is 32.7. The molecular weight excluding hydrogens is 388 g/mol. The van der Waals surface area contributed by atoms with Gasteiger partial charge in [0.15, 0.2) is 0 Å². The number of hydrogen-bond donors (Lipinski definition) is 2. The summed E-state index contributed by atoms with van der Waals surface area (Å²) in [6.07, 6.45) is 0.172. The van der Waals surface area contributed by atoms with Gasteiger partial charge < -0.3 is 10.1 Å². The predicted octanol–water partition coefficient (Wildman–Crippen LogP) is 3.99. The molecule has 6 nitrogen and oxygen atoms in total. The first kappa shape index (κ1) is 20.4. The highest BCUT2D eigenvalue weighted by atomic mass is 32.2. The smallest absolute Gasteiger partial charge is 0.261 e. The van der Waals surface area contributed by atoms with Crippen LogP contribution in [0.3, 0.4) is 0 Å². The minimum Gasteiger partial charge on any atom is -0.496 e. The van der Waals surface area contributed by atoms with Crippen LogP contribution in [0.5, 0.6) is 5.75 Å². The zero-order chi connectivity index (χ0) is 20.9. The molecule has 0 aliphatic carbocycles. The molecule has 7 heteroatoms. The molecular formula is C22H22N2O4S. The molecule has 0 fully saturated rings. The molecule has 0 aliphatic heterocycles. The largest absolute Gasteiger partial charge is 0.496 e. The number of ether oxygens (including phenoxy) is 1. The summed E-state index contributed by atoms with van der Waals surface area (Å²) >= 11 is 0. The molecule has 1 amide bonds. The molecule has 0 aliphatic rings. The van der Waals surface area contributed by atoms with Crippen molar-refractivity contribution in [2.24, 2.45) is 0 Å². The van der Waals surface area contributed by atoms with Crippen molar-refractivity contribution in [2.45, 2.75) is 18.2 Å². The highest BCUT2D eigenvalue weighted by Gasteiger charge is 2.14. The molecule has 0 aromatic heterocycles. The second-order valence-corrected chi connectivity index (χ2v) is 8.22. The molecule has 29 heavy (non-hydrogen) atoms. The average molecular weight is 410 g/mol. The fourth-order valence-electron chi connectivity index (χ4n) is 2.78. The van der Waals surface area contributed by atoms with Crippen LogP contribution in [0.25, 0.3) is 0 Å². The molecule has 150 valence electrons. The van der Waals surface area contributed by atoms with Gasteiger partial charge in [0, 0.05) is 16.9 Å². The van der Waals surface area contributed by atoms with Crippen LogP contribution in [0.1, 0.15) is 11.1 Å². The minimum atomic E-state index is -3.67. The van der Waals surface area contributed by atoms with Crippen LogP contribution in [-0.4, -0.2) is 21.4 Å². The summed E-state index contributed by atoms with van der Waals surface area (Å²) in [7, 11) is -2.10. The number of para-hydroxylation sites is 1. The van der Waals surface area contributed by atoms with Gasteiger partial charge in [0.2, 0.25) is 5.91 Å². The summed E-state index contributed by atoms with van der Waals surface area (Å²) in [6.45, 7) is 1.89. The second-order valence-electron chi connectivity index (χ2n) is 6.53. The van der Waals surface area contributed by atoms with Gasteiger partial charge in [0.1, 0.15) is 5.75 Å². The molecule has 0 heterocycles. The monoisotopic (exact) mass is 410 g/mol. The Balaban J connectivity index is 1.64. The minimum absolute atomic E-state index is 0.172. The van der Waals surface area contributed by atoms with Gasteiger partial charge in [-0.1, -0.05) is 35.9 Å². The quantitative estimate of drug-likeness (QED) is 0.617. The number of methoxy groups -OCH3 is 1. The van der Waals surface area contributed by atoms with Crippen molar-refractivity contribution in [3.05, 3.63) is 83.9 Å². The van der Waals surface area contributed by atoms with Gasteiger partial charge in [0.25, 0.3) is 10.0 Å². The van der Waals surface area contributed by atoms with Crippen LogP contribution in [0.4, 0.5) is 11.4 Å². The van der Waals surface area contributed by atoms with Crippen LogP contribution in [0.15, 0.2) is 77.7 Å². The molecule has 0 spiro atoms. The zero-order valence-electron chi connectivity index (χ0n) is 16.2. The maximum absolute atomic E-state index is 12.4. The van der Waals surface area contributed by atoms with Crippen LogP contribution in [-0.2, 0) is 21.2 Å². The van der Waals surface area contributed by atoms with Crippen molar-refractivity contribution in [2.75, 3.05) is 17.1 Å². The van der Waals surface area contributed by atoms with Crippen LogP contribution in [0, 0.1) is 6.92 Å². The summed E-state index contributed by atoms with van der Waals surface area (Å²) in [5.41, 5.74) is 2.75. The number of anilines is 2. The second kappa shape index (κ2) is 8.79. The van der Waals surface area contributed by atoms with E-state index < -0.39 is 10.0 Å². The zero-order valence-corrected chi connectivity index (χ0v) is 17.0. The average Bonchev–Trinajstić information content (AvgIpc) is 2.70. The van der Waals surface area contributed by atoms with Gasteiger partial charge in [0.05, 0.1) is 18.4 Å². The van der Waals surface area contributed by atoms with E-state index in [0.29, 0.717) is 17.1 Å². The highest BCUT2D eigenvalue weighted by molar-refractivity contribution is 7.92. The van der Waals surface area contributed by atoms with Crippen LogP contribution in [0.2, 0.25) is 0 Å². The Morgan fingerprint density at radius 2 is 1.52 bits per heavy atom. The van der Waals surface area contributed by atoms with Gasteiger partial charge in [-0.25, -0.2) is 8.42 Å². The van der Waals surface area contributed by atoms with E-state index in [0.717, 1.165) is 11.1 Å². The lowest BCUT2D eigenvalue weighted by molar-refractivity contribution is -0.115. The van der Waals surface area contributed by atoms with Crippen LogP contribution < -0.4 is 14.8 Å². The van der Waals surface area contributed by atoms with E-state index in [1.807, 2.05) is 25.1 Å². The molecule has 0 unspecified atom stereocenters. The van der Waals surface area contributed by atoms with Gasteiger partial charge in [-0.2, -0.15) is 0 Å². The first-order valence-corrected chi connectivity index (χ1v) is 10.5. The summed E-state index contributed by atoms with van der Waals surface area (Å²) in [4.78, 5) is 12.5. The van der Waals surface area contributed by atoms with Crippen molar-refractivity contribution in [1.29, 1.82) is 0 Å². The maximum atomic E-state index is 12.4. The van der Waals surface area contributed by atoms with E-state index in [9.17, 15) is 13.2 Å². The Labute approximate surface area is 170 Å². The summed E-state index contributed by atoms with van der Waals surface area (Å²) in [6, 6.07) is 20.4. The first-order valence-electron chi connectivity index (χ1n) is 8.99. The van der Waals surface area contributed by atoms with Crippen molar-refractivity contribution in [3.63, 3.8) is 0 Å². The lowest BCUT2D eigenvalue weighted by Crippen LogP contribution is -2.15. The fraction of sp³-hybridized carbons (Fsp3) is 0.136. The standard InChI is InChI=1S/C22H22N2O4S/c1-16-7-13-20(14-8-16)29(26,27)24-19-11-9-18(10-12-19)23-22(25)15-17-5-3-4-6-21(17)28-2/h3-14,24H,15H2,1-2H3,(H,23,25). The lowest BCUT2D eigenvalue weighted by Gasteiger charge is -2.11. The Kier molecular flexibility index (Phi) is 6.19. The number of carbonyl (C=O) groups is 1. The number of carbonyl (C=O) groups excluding carboxylic acids is 1. The number of hydrogen-bond acceptors (Lipinski definition) is 4. The maximum Gasteiger partial charge on any atom is 0.261 e. The van der Waals surface area contributed by atoms with Gasteiger partial charge in [-0.3, -0.25) is 9.52 Å². The Hall–Kier alpha value is -3.32.